The monoisotopic (exact) mass is 416 g/mol. The molecule has 3 rings (SSSR count). The molecule has 26 heavy (non-hydrogen) atoms. The highest BCUT2D eigenvalue weighted by molar-refractivity contribution is 9.10. The molecule has 0 aliphatic carbocycles. The summed E-state index contributed by atoms with van der Waals surface area (Å²) in [7, 11) is 0. The fourth-order valence-corrected chi connectivity index (χ4v) is 2.99. The van der Waals surface area contributed by atoms with Crippen LogP contribution in [0.15, 0.2) is 41.0 Å². The average Bonchev–Trinajstić information content (AvgIpc) is 2.79. The molecule has 0 radical (unpaired) electrons. The maximum Gasteiger partial charge on any atom is 0.324 e. The van der Waals surface area contributed by atoms with E-state index in [0.29, 0.717) is 29.2 Å². The van der Waals surface area contributed by atoms with E-state index in [4.69, 9.17) is 0 Å². The number of aromatic nitrogens is 1. The number of imide groups is 1. The van der Waals surface area contributed by atoms with Crippen LogP contribution in [0.5, 0.6) is 0 Å². The number of hydrogen-bond donors (Lipinski definition) is 2. The summed E-state index contributed by atoms with van der Waals surface area (Å²) in [6.45, 7) is 4.25. The predicted octanol–water partition coefficient (Wildman–Crippen LogP) is 3.74. The van der Waals surface area contributed by atoms with Crippen molar-refractivity contribution in [3.8, 4) is 0 Å². The highest BCUT2D eigenvalue weighted by Crippen LogP contribution is 2.26. The lowest BCUT2D eigenvalue weighted by Gasteiger charge is -2.15. The van der Waals surface area contributed by atoms with Crippen molar-refractivity contribution in [2.45, 2.75) is 13.8 Å². The Labute approximate surface area is 158 Å². The molecule has 2 N–H and O–H groups in total. The van der Waals surface area contributed by atoms with Crippen molar-refractivity contribution in [3.63, 3.8) is 0 Å². The van der Waals surface area contributed by atoms with Crippen LogP contribution in [0, 0.1) is 5.92 Å². The molecule has 1 aromatic carbocycles. The van der Waals surface area contributed by atoms with Crippen molar-refractivity contribution in [1.29, 1.82) is 0 Å². The van der Waals surface area contributed by atoms with Gasteiger partial charge in [0.2, 0.25) is 0 Å². The normalized spacial score (nSPS) is 13.2. The van der Waals surface area contributed by atoms with Gasteiger partial charge in [0.05, 0.1) is 11.1 Å². The molecule has 2 aromatic rings. The maximum atomic E-state index is 12.5. The topological polar surface area (TPSA) is 91.4 Å². The SMILES string of the molecule is CC(C)CN1C(=O)c2ccc(NC(=O)Nc3cc(Br)ccn3)cc2C1=O. The lowest BCUT2D eigenvalue weighted by Crippen LogP contribution is -2.33. The Kier molecular flexibility index (Phi) is 5.03. The average molecular weight is 417 g/mol. The van der Waals surface area contributed by atoms with E-state index in [9.17, 15) is 14.4 Å². The quantitative estimate of drug-likeness (QED) is 0.742. The molecule has 0 fully saturated rings. The van der Waals surface area contributed by atoms with Gasteiger partial charge in [-0.05, 0) is 36.2 Å². The van der Waals surface area contributed by atoms with Crippen molar-refractivity contribution in [3.05, 3.63) is 52.1 Å². The third-order valence-corrected chi connectivity index (χ3v) is 4.23. The summed E-state index contributed by atoms with van der Waals surface area (Å²) in [5.41, 5.74) is 1.08. The molecule has 7 nitrogen and oxygen atoms in total. The third-order valence-electron chi connectivity index (χ3n) is 3.74. The minimum atomic E-state index is -0.494. The summed E-state index contributed by atoms with van der Waals surface area (Å²) in [6, 6.07) is 7.58. The number of benzene rings is 1. The van der Waals surface area contributed by atoms with E-state index in [1.54, 1.807) is 30.5 Å². The Balaban J connectivity index is 1.74. The zero-order chi connectivity index (χ0) is 18.8. The van der Waals surface area contributed by atoms with Gasteiger partial charge in [-0.3, -0.25) is 19.8 Å². The van der Waals surface area contributed by atoms with Crippen LogP contribution < -0.4 is 10.6 Å². The number of amides is 4. The minimum absolute atomic E-state index is 0.179. The number of nitrogens with zero attached hydrogens (tertiary/aromatic N) is 2. The van der Waals surface area contributed by atoms with E-state index in [1.165, 1.54) is 11.0 Å². The molecule has 0 atom stereocenters. The van der Waals surface area contributed by atoms with Crippen molar-refractivity contribution in [2.24, 2.45) is 5.92 Å². The van der Waals surface area contributed by atoms with Crippen molar-refractivity contribution >= 4 is 45.3 Å². The van der Waals surface area contributed by atoms with Crippen LogP contribution in [0.1, 0.15) is 34.6 Å². The van der Waals surface area contributed by atoms with Gasteiger partial charge >= 0.3 is 6.03 Å². The number of pyridine rings is 1. The number of rotatable bonds is 4. The van der Waals surface area contributed by atoms with Crippen LogP contribution in [0.3, 0.4) is 0 Å². The molecule has 1 aromatic heterocycles. The highest BCUT2D eigenvalue weighted by Gasteiger charge is 2.35. The first-order chi connectivity index (χ1) is 12.3. The fourth-order valence-electron chi connectivity index (χ4n) is 2.65. The largest absolute Gasteiger partial charge is 0.324 e. The van der Waals surface area contributed by atoms with Gasteiger partial charge in [0, 0.05) is 22.9 Å². The zero-order valence-corrected chi connectivity index (χ0v) is 15.8. The lowest BCUT2D eigenvalue weighted by molar-refractivity contribution is 0.0636. The van der Waals surface area contributed by atoms with E-state index in [2.05, 4.69) is 31.5 Å². The van der Waals surface area contributed by atoms with Crippen molar-refractivity contribution in [1.82, 2.24) is 9.88 Å². The number of halogens is 1. The summed E-state index contributed by atoms with van der Waals surface area (Å²) in [6.07, 6.45) is 1.56. The van der Waals surface area contributed by atoms with E-state index < -0.39 is 6.03 Å². The summed E-state index contributed by atoms with van der Waals surface area (Å²) in [5, 5.41) is 5.24. The Morgan fingerprint density at radius 2 is 1.85 bits per heavy atom. The van der Waals surface area contributed by atoms with Gasteiger partial charge in [0.1, 0.15) is 5.82 Å². The van der Waals surface area contributed by atoms with Crippen molar-refractivity contribution < 1.29 is 14.4 Å². The summed E-state index contributed by atoms with van der Waals surface area (Å²) in [4.78, 5) is 42.2. The van der Waals surface area contributed by atoms with E-state index in [0.717, 1.165) is 4.47 Å². The number of hydrogen-bond acceptors (Lipinski definition) is 4. The van der Waals surface area contributed by atoms with Crippen LogP contribution in [0.2, 0.25) is 0 Å². The van der Waals surface area contributed by atoms with Gasteiger partial charge in [0.25, 0.3) is 11.8 Å². The molecular formula is C18H17BrN4O3. The molecule has 0 unspecified atom stereocenters. The van der Waals surface area contributed by atoms with Crippen LogP contribution in [0.4, 0.5) is 16.3 Å². The van der Waals surface area contributed by atoms with Gasteiger partial charge in [-0.15, -0.1) is 0 Å². The van der Waals surface area contributed by atoms with Crippen LogP contribution >= 0.6 is 15.9 Å². The minimum Gasteiger partial charge on any atom is -0.308 e. The van der Waals surface area contributed by atoms with Gasteiger partial charge in [-0.25, -0.2) is 9.78 Å². The molecule has 2 heterocycles. The highest BCUT2D eigenvalue weighted by atomic mass is 79.9. The van der Waals surface area contributed by atoms with Crippen LogP contribution in [-0.2, 0) is 0 Å². The first kappa shape index (κ1) is 18.1. The van der Waals surface area contributed by atoms with Gasteiger partial charge in [-0.2, -0.15) is 0 Å². The number of nitrogens with one attached hydrogen (secondary N) is 2. The summed E-state index contributed by atoms with van der Waals surface area (Å²) < 4.78 is 0.787. The van der Waals surface area contributed by atoms with Gasteiger partial charge in [0.15, 0.2) is 0 Å². The third kappa shape index (κ3) is 3.75. The smallest absolute Gasteiger partial charge is 0.308 e. The first-order valence-electron chi connectivity index (χ1n) is 8.05. The second kappa shape index (κ2) is 7.25. The Hall–Kier alpha value is -2.74. The second-order valence-electron chi connectivity index (χ2n) is 6.31. The number of carbonyl (C=O) groups excluding carboxylic acids is 3. The van der Waals surface area contributed by atoms with E-state index in [-0.39, 0.29) is 17.7 Å². The molecule has 1 aliphatic heterocycles. The summed E-state index contributed by atoms with van der Waals surface area (Å²) in [5.74, 6) is -0.0740. The molecule has 0 saturated carbocycles. The Morgan fingerprint density at radius 3 is 2.54 bits per heavy atom. The van der Waals surface area contributed by atoms with Gasteiger partial charge < -0.3 is 5.32 Å². The molecule has 134 valence electrons. The molecule has 0 saturated heterocycles. The number of carbonyl (C=O) groups is 3. The van der Waals surface area contributed by atoms with Crippen LogP contribution in [-0.4, -0.2) is 34.3 Å². The first-order valence-corrected chi connectivity index (χ1v) is 8.84. The number of urea groups is 1. The molecule has 8 heteroatoms. The second-order valence-corrected chi connectivity index (χ2v) is 7.23. The Morgan fingerprint density at radius 1 is 1.12 bits per heavy atom. The number of anilines is 2. The molecule has 0 spiro atoms. The molecular weight excluding hydrogens is 400 g/mol. The Bertz CT molecular complexity index is 898. The van der Waals surface area contributed by atoms with Crippen LogP contribution in [0.25, 0.3) is 0 Å². The number of fused-ring (bicyclic) bond motifs is 1. The van der Waals surface area contributed by atoms with E-state index in [1.807, 2.05) is 13.8 Å². The van der Waals surface area contributed by atoms with Crippen molar-refractivity contribution in [2.75, 3.05) is 17.2 Å². The lowest BCUT2D eigenvalue weighted by atomic mass is 10.1. The van der Waals surface area contributed by atoms with E-state index >= 15 is 0 Å². The standard InChI is InChI=1S/C18H17BrN4O3/c1-10(2)9-23-16(24)13-4-3-12(8-14(13)17(23)25)21-18(26)22-15-7-11(19)5-6-20-15/h3-8,10H,9H2,1-2H3,(H2,20,21,22,26). The fraction of sp³-hybridized carbons (Fsp3) is 0.222. The molecule has 4 amide bonds. The molecule has 1 aliphatic rings. The maximum absolute atomic E-state index is 12.5. The van der Waals surface area contributed by atoms with Gasteiger partial charge in [-0.1, -0.05) is 29.8 Å². The predicted molar refractivity (Wildman–Crippen MR) is 101 cm³/mol. The summed E-state index contributed by atoms with van der Waals surface area (Å²) >= 11 is 3.30. The zero-order valence-electron chi connectivity index (χ0n) is 14.2. The molecule has 0 bridgehead atoms.